The molecular weight excluding hydrogens is 258 g/mol. The second-order valence-corrected chi connectivity index (χ2v) is 5.74. The summed E-state index contributed by atoms with van der Waals surface area (Å²) >= 11 is 0. The summed E-state index contributed by atoms with van der Waals surface area (Å²) in [5.74, 6) is 0.541. The molecule has 1 amide bonds. The van der Waals surface area contributed by atoms with E-state index >= 15 is 0 Å². The van der Waals surface area contributed by atoms with Gasteiger partial charge in [0.05, 0.1) is 0 Å². The van der Waals surface area contributed by atoms with Crippen molar-refractivity contribution in [1.29, 1.82) is 0 Å². The Kier molecular flexibility index (Phi) is 4.34. The van der Waals surface area contributed by atoms with Gasteiger partial charge in [-0.05, 0) is 42.5 Å². The Morgan fingerprint density at radius 3 is 2.29 bits per heavy atom. The van der Waals surface area contributed by atoms with E-state index in [9.17, 15) is 4.79 Å². The largest absolute Gasteiger partial charge is 0.322 e. The number of benzene rings is 2. The fourth-order valence-electron chi connectivity index (χ4n) is 3.19. The first-order valence-corrected chi connectivity index (χ1v) is 7.80. The summed E-state index contributed by atoms with van der Waals surface area (Å²) in [7, 11) is 0. The average molecular weight is 279 g/mol. The van der Waals surface area contributed by atoms with E-state index in [-0.39, 0.29) is 5.91 Å². The summed E-state index contributed by atoms with van der Waals surface area (Å²) in [6.45, 7) is 0. The van der Waals surface area contributed by atoms with Crippen molar-refractivity contribution >= 4 is 11.6 Å². The molecule has 0 radical (unpaired) electrons. The van der Waals surface area contributed by atoms with E-state index in [1.807, 2.05) is 48.5 Å². The molecule has 0 unspecified atom stereocenters. The van der Waals surface area contributed by atoms with Gasteiger partial charge in [0.25, 0.3) is 5.91 Å². The molecule has 1 aliphatic carbocycles. The maximum absolute atomic E-state index is 12.6. The highest BCUT2D eigenvalue weighted by molar-refractivity contribution is 6.05. The van der Waals surface area contributed by atoms with Gasteiger partial charge in [-0.2, -0.15) is 0 Å². The standard InChI is InChI=1S/C19H21NO/c21-19(20-16-11-5-2-6-12-16)18-14-8-7-13-17(18)15-9-3-1-4-10-15/h2,5-8,11-15H,1,3-4,9-10H2,(H,20,21). The van der Waals surface area contributed by atoms with Crippen LogP contribution in [0.25, 0.3) is 0 Å². The first kappa shape index (κ1) is 13.9. The topological polar surface area (TPSA) is 29.1 Å². The van der Waals surface area contributed by atoms with Crippen LogP contribution in [-0.2, 0) is 0 Å². The molecule has 0 aromatic heterocycles. The van der Waals surface area contributed by atoms with Gasteiger partial charge in [0.15, 0.2) is 0 Å². The lowest BCUT2D eigenvalue weighted by Crippen LogP contribution is -2.16. The molecule has 0 saturated heterocycles. The van der Waals surface area contributed by atoms with Crippen molar-refractivity contribution in [3.63, 3.8) is 0 Å². The molecule has 2 aromatic carbocycles. The third-order valence-corrected chi connectivity index (χ3v) is 4.28. The molecule has 21 heavy (non-hydrogen) atoms. The van der Waals surface area contributed by atoms with Crippen molar-refractivity contribution in [1.82, 2.24) is 0 Å². The Morgan fingerprint density at radius 2 is 1.52 bits per heavy atom. The average Bonchev–Trinajstić information content (AvgIpc) is 2.56. The fourth-order valence-corrected chi connectivity index (χ4v) is 3.19. The van der Waals surface area contributed by atoms with Crippen molar-refractivity contribution in [2.45, 2.75) is 38.0 Å². The smallest absolute Gasteiger partial charge is 0.255 e. The molecular formula is C19H21NO. The highest BCUT2D eigenvalue weighted by Gasteiger charge is 2.20. The summed E-state index contributed by atoms with van der Waals surface area (Å²) in [6, 6.07) is 17.7. The molecule has 1 saturated carbocycles. The number of anilines is 1. The highest BCUT2D eigenvalue weighted by atomic mass is 16.1. The van der Waals surface area contributed by atoms with E-state index in [0.29, 0.717) is 5.92 Å². The Hall–Kier alpha value is -2.09. The molecule has 108 valence electrons. The molecule has 0 bridgehead atoms. The lowest BCUT2D eigenvalue weighted by atomic mass is 9.82. The number of carbonyl (C=O) groups is 1. The number of amides is 1. The summed E-state index contributed by atoms with van der Waals surface area (Å²) in [4.78, 5) is 12.6. The van der Waals surface area contributed by atoms with Crippen LogP contribution in [-0.4, -0.2) is 5.91 Å². The van der Waals surface area contributed by atoms with Crippen LogP contribution in [0.4, 0.5) is 5.69 Å². The predicted molar refractivity (Wildman–Crippen MR) is 86.7 cm³/mol. The van der Waals surface area contributed by atoms with Gasteiger partial charge in [0.2, 0.25) is 0 Å². The predicted octanol–water partition coefficient (Wildman–Crippen LogP) is 4.99. The van der Waals surface area contributed by atoms with E-state index in [4.69, 9.17) is 0 Å². The molecule has 0 heterocycles. The van der Waals surface area contributed by atoms with E-state index in [0.717, 1.165) is 11.3 Å². The van der Waals surface area contributed by atoms with Crippen molar-refractivity contribution in [2.24, 2.45) is 0 Å². The van der Waals surface area contributed by atoms with Crippen LogP contribution in [0.5, 0.6) is 0 Å². The molecule has 1 N–H and O–H groups in total. The van der Waals surface area contributed by atoms with E-state index in [1.165, 1.54) is 37.7 Å². The summed E-state index contributed by atoms with van der Waals surface area (Å²) in [5.41, 5.74) is 2.89. The Bertz CT molecular complexity index is 600. The normalized spacial score (nSPS) is 15.6. The Balaban J connectivity index is 1.82. The van der Waals surface area contributed by atoms with Gasteiger partial charge in [0.1, 0.15) is 0 Å². The quantitative estimate of drug-likeness (QED) is 0.842. The van der Waals surface area contributed by atoms with Gasteiger partial charge in [0, 0.05) is 11.3 Å². The fraction of sp³-hybridized carbons (Fsp3) is 0.316. The van der Waals surface area contributed by atoms with Crippen LogP contribution in [0.3, 0.4) is 0 Å². The molecule has 0 atom stereocenters. The van der Waals surface area contributed by atoms with Crippen molar-refractivity contribution in [3.8, 4) is 0 Å². The van der Waals surface area contributed by atoms with Gasteiger partial charge >= 0.3 is 0 Å². The van der Waals surface area contributed by atoms with Gasteiger partial charge in [-0.25, -0.2) is 0 Å². The number of rotatable bonds is 3. The Morgan fingerprint density at radius 1 is 0.857 bits per heavy atom. The number of para-hydroxylation sites is 1. The molecule has 2 aromatic rings. The van der Waals surface area contributed by atoms with E-state index in [2.05, 4.69) is 11.4 Å². The minimum atomic E-state index is 0.00220. The third kappa shape index (κ3) is 3.33. The number of carbonyl (C=O) groups excluding carboxylic acids is 1. The molecule has 0 aliphatic heterocycles. The number of hydrogen-bond donors (Lipinski definition) is 1. The first-order chi connectivity index (χ1) is 10.3. The Labute approximate surface area is 126 Å². The van der Waals surface area contributed by atoms with Gasteiger partial charge in [-0.15, -0.1) is 0 Å². The molecule has 2 nitrogen and oxygen atoms in total. The molecule has 0 spiro atoms. The lowest BCUT2D eigenvalue weighted by molar-refractivity contribution is 0.102. The molecule has 2 heteroatoms. The van der Waals surface area contributed by atoms with Crippen LogP contribution in [0, 0.1) is 0 Å². The van der Waals surface area contributed by atoms with Crippen LogP contribution >= 0.6 is 0 Å². The number of hydrogen-bond acceptors (Lipinski definition) is 1. The monoisotopic (exact) mass is 279 g/mol. The first-order valence-electron chi connectivity index (χ1n) is 7.80. The van der Waals surface area contributed by atoms with Crippen LogP contribution in [0.15, 0.2) is 54.6 Å². The maximum atomic E-state index is 12.6. The van der Waals surface area contributed by atoms with Crippen molar-refractivity contribution < 1.29 is 4.79 Å². The summed E-state index contributed by atoms with van der Waals surface area (Å²) in [5, 5.41) is 3.00. The molecule has 1 fully saturated rings. The summed E-state index contributed by atoms with van der Waals surface area (Å²) < 4.78 is 0. The zero-order valence-electron chi connectivity index (χ0n) is 12.2. The van der Waals surface area contributed by atoms with Gasteiger partial charge < -0.3 is 5.32 Å². The number of nitrogens with one attached hydrogen (secondary N) is 1. The third-order valence-electron chi connectivity index (χ3n) is 4.28. The molecule has 1 aliphatic rings. The van der Waals surface area contributed by atoms with Crippen molar-refractivity contribution in [3.05, 3.63) is 65.7 Å². The van der Waals surface area contributed by atoms with Crippen LogP contribution in [0.2, 0.25) is 0 Å². The SMILES string of the molecule is O=C(Nc1ccccc1)c1ccccc1C1CCCCC1. The van der Waals surface area contributed by atoms with Crippen LogP contribution < -0.4 is 5.32 Å². The molecule has 3 rings (SSSR count). The van der Waals surface area contributed by atoms with Gasteiger partial charge in [-0.1, -0.05) is 55.7 Å². The lowest BCUT2D eigenvalue weighted by Gasteiger charge is -2.24. The maximum Gasteiger partial charge on any atom is 0.255 e. The highest BCUT2D eigenvalue weighted by Crippen LogP contribution is 2.34. The minimum absolute atomic E-state index is 0.00220. The van der Waals surface area contributed by atoms with Crippen molar-refractivity contribution in [2.75, 3.05) is 5.32 Å². The zero-order chi connectivity index (χ0) is 14.5. The minimum Gasteiger partial charge on any atom is -0.322 e. The summed E-state index contributed by atoms with van der Waals surface area (Å²) in [6.07, 6.45) is 6.29. The second kappa shape index (κ2) is 6.57. The zero-order valence-corrected chi connectivity index (χ0v) is 12.2. The second-order valence-electron chi connectivity index (χ2n) is 5.74. The van der Waals surface area contributed by atoms with E-state index < -0.39 is 0 Å². The van der Waals surface area contributed by atoms with Gasteiger partial charge in [-0.3, -0.25) is 4.79 Å². The van der Waals surface area contributed by atoms with Crippen LogP contribution in [0.1, 0.15) is 53.9 Å². The van der Waals surface area contributed by atoms with E-state index in [1.54, 1.807) is 0 Å².